The molecule has 0 spiro atoms. The Bertz CT molecular complexity index is 5800. The lowest BCUT2D eigenvalue weighted by atomic mass is 9.91. The summed E-state index contributed by atoms with van der Waals surface area (Å²) in [7, 11) is -19.6. The number of fused-ring (bicyclic) bond motifs is 16. The first-order valence-electron chi connectivity index (χ1n) is 30.0. The third-order valence-corrected chi connectivity index (χ3v) is 22.1. The van der Waals surface area contributed by atoms with E-state index in [-0.39, 0.29) is 62.7 Å². The van der Waals surface area contributed by atoms with E-state index in [0.29, 0.717) is 132 Å². The smallest absolute Gasteiger partial charge is 0.295 e. The summed E-state index contributed by atoms with van der Waals surface area (Å²) < 4.78 is 154. The fourth-order valence-corrected chi connectivity index (χ4v) is 18.4. The summed E-state index contributed by atoms with van der Waals surface area (Å²) in [4.78, 5) is 17.7. The maximum atomic E-state index is 13.7. The second-order valence-electron chi connectivity index (χ2n) is 23.6. The molecule has 0 fully saturated rings. The van der Waals surface area contributed by atoms with E-state index >= 15 is 0 Å². The Morgan fingerprint density at radius 2 is 0.354 bits per heavy atom. The highest BCUT2D eigenvalue weighted by atomic mass is 32.2. The zero-order valence-electron chi connectivity index (χ0n) is 49.7. The molecule has 8 bridgehead atoms. The summed E-state index contributed by atoms with van der Waals surface area (Å²) in [6, 6.07) is 62.4. The fourth-order valence-electron chi connectivity index (χ4n) is 14.8. The molecule has 0 radical (unpaired) electrons. The summed E-state index contributed by atoms with van der Waals surface area (Å²) in [6.07, 6.45) is 7.34. The summed E-state index contributed by atoms with van der Waals surface area (Å²) in [6.45, 7) is 0. The number of hydrogen-bond acceptors (Lipinski definition) is 10. The van der Waals surface area contributed by atoms with E-state index in [0.717, 1.165) is 0 Å². The van der Waals surface area contributed by atoms with Crippen molar-refractivity contribution in [2.45, 2.75) is 19.6 Å². The van der Waals surface area contributed by atoms with Crippen molar-refractivity contribution in [3.05, 3.63) is 241 Å². The van der Waals surface area contributed by atoms with Crippen molar-refractivity contribution in [3.8, 4) is 44.5 Å². The lowest BCUT2D eigenvalue weighted by molar-refractivity contribution is 0.483. The highest BCUT2D eigenvalue weighted by Gasteiger charge is 2.32. The Hall–Kier alpha value is -11.0. The standard InChI is InChI=1S/C76H46N4O12S4/c81-93(82,83)73-49-25-9-1-17-41(49)65(42-18-2-10-26-50(42)73)69-57-33-35-59(77-57)70(66-43-19-3-11-27-51(43)74(94(84,85)86)52-28-12-4-20-44(52)66)61-37-39-63(79-61)72(68-47-23-7-15-31-55(47)76(96(90,91)92)56-32-16-8-24-48(56)68)64-40-38-62(80-64)71(60-36-34-58(69)78-60)67-45-21-5-13-29-53(45)75(95(87,88)89)54-30-14-6-22-46(54)67/h1-40,77,80H,(H,81,82,83)(H,84,85,86)(H,87,88,89)(H,90,91,92). The number of rotatable bonds is 8. The van der Waals surface area contributed by atoms with Crippen molar-refractivity contribution in [2.24, 2.45) is 0 Å². The first-order valence-corrected chi connectivity index (χ1v) is 35.8. The largest absolute Gasteiger partial charge is 0.354 e. The molecule has 0 saturated heterocycles. The van der Waals surface area contributed by atoms with Crippen molar-refractivity contribution in [1.82, 2.24) is 19.9 Å². The minimum atomic E-state index is -4.89. The Morgan fingerprint density at radius 1 is 0.208 bits per heavy atom. The van der Waals surface area contributed by atoms with Crippen LogP contribution in [0.25, 0.3) is 177 Å². The van der Waals surface area contributed by atoms with Crippen molar-refractivity contribution in [2.75, 3.05) is 0 Å². The minimum absolute atomic E-state index is 0.216. The molecule has 2 aliphatic rings. The SMILES string of the molecule is O=S(=O)(O)c1c2ccccc2c(-c2c3nc(c(-c4c5ccccc5c(S(=O)(=O)O)c5ccccc45)c4ccc([nH]4)c(-c4c5ccccc5c(S(=O)(=O)O)c5ccccc45)c4nc(c(-c5c6ccccc6c(S(=O)(=O)O)c6ccccc56)c5ccc2[nH]5)C=C4)C=C3)c2ccccc12. The van der Waals surface area contributed by atoms with Gasteiger partial charge in [-0.15, -0.1) is 0 Å². The molecule has 16 nitrogen and oxygen atoms in total. The van der Waals surface area contributed by atoms with Gasteiger partial charge < -0.3 is 9.97 Å². The van der Waals surface area contributed by atoms with E-state index in [1.54, 1.807) is 194 Å². The van der Waals surface area contributed by atoms with Crippen LogP contribution in [-0.2, 0) is 40.5 Å². The summed E-state index contributed by atoms with van der Waals surface area (Å²) >= 11 is 0. The van der Waals surface area contributed by atoms with Gasteiger partial charge in [-0.1, -0.05) is 194 Å². The van der Waals surface area contributed by atoms with Crippen molar-refractivity contribution >= 4 is 173 Å². The average Bonchev–Trinajstić information content (AvgIpc) is 1.22. The van der Waals surface area contributed by atoms with Gasteiger partial charge in [0.05, 0.1) is 22.8 Å². The number of hydrogen-bond donors (Lipinski definition) is 6. The van der Waals surface area contributed by atoms with Gasteiger partial charge >= 0.3 is 0 Å². The monoisotopic (exact) mass is 1330 g/mol. The molecule has 3 aromatic heterocycles. The predicted molar refractivity (Wildman–Crippen MR) is 380 cm³/mol. The lowest BCUT2D eigenvalue weighted by Crippen LogP contribution is -2.03. The topological polar surface area (TPSA) is 275 Å². The van der Waals surface area contributed by atoms with Gasteiger partial charge in [0.15, 0.2) is 0 Å². The number of H-pyrrole nitrogens is 2. The van der Waals surface area contributed by atoms with E-state index in [4.69, 9.17) is 9.97 Å². The van der Waals surface area contributed by atoms with Gasteiger partial charge in [-0.2, -0.15) is 33.7 Å². The number of aromatic nitrogens is 4. The maximum Gasteiger partial charge on any atom is 0.295 e. The van der Waals surface area contributed by atoms with Crippen LogP contribution in [0.4, 0.5) is 0 Å². The van der Waals surface area contributed by atoms with Gasteiger partial charge in [0.25, 0.3) is 40.5 Å². The van der Waals surface area contributed by atoms with Crippen LogP contribution in [0.3, 0.4) is 0 Å². The van der Waals surface area contributed by atoms with Gasteiger partial charge in [0.2, 0.25) is 0 Å². The Balaban J connectivity index is 1.15. The van der Waals surface area contributed by atoms with E-state index in [1.807, 2.05) is 48.6 Å². The van der Waals surface area contributed by atoms with E-state index in [9.17, 15) is 51.9 Å². The molecule has 466 valence electrons. The Kier molecular flexibility index (Phi) is 13.0. The Labute approximate surface area is 546 Å². The molecule has 96 heavy (non-hydrogen) atoms. The molecule has 0 saturated carbocycles. The Morgan fingerprint density at radius 3 is 0.500 bits per heavy atom. The molecule has 0 atom stereocenters. The zero-order valence-corrected chi connectivity index (χ0v) is 52.9. The summed E-state index contributed by atoms with van der Waals surface area (Å²) in [5, 5.41) is 5.18. The van der Waals surface area contributed by atoms with Crippen LogP contribution in [0.2, 0.25) is 0 Å². The highest BCUT2D eigenvalue weighted by Crippen LogP contribution is 2.51. The molecule has 17 rings (SSSR count). The molecule has 6 N–H and O–H groups in total. The molecule has 0 amide bonds. The molecular formula is C76H46N4O12S4. The molecule has 0 aliphatic carbocycles. The lowest BCUT2D eigenvalue weighted by Gasteiger charge is -2.17. The van der Waals surface area contributed by atoms with Crippen LogP contribution in [0.1, 0.15) is 22.8 Å². The van der Waals surface area contributed by atoms with Crippen LogP contribution in [-0.4, -0.2) is 71.8 Å². The van der Waals surface area contributed by atoms with Crippen LogP contribution in [0.15, 0.2) is 238 Å². The third-order valence-electron chi connectivity index (χ3n) is 18.3. The molecule has 12 aromatic carbocycles. The van der Waals surface area contributed by atoms with Crippen molar-refractivity contribution < 1.29 is 51.9 Å². The highest BCUT2D eigenvalue weighted by molar-refractivity contribution is 7.87. The summed E-state index contributed by atoms with van der Waals surface area (Å²) in [5.41, 5.74) is 7.18. The van der Waals surface area contributed by atoms with Gasteiger partial charge in [0, 0.05) is 110 Å². The average molecular weight is 1340 g/mol. The van der Waals surface area contributed by atoms with E-state index in [1.165, 1.54) is 0 Å². The summed E-state index contributed by atoms with van der Waals surface area (Å²) in [5.74, 6) is 0. The van der Waals surface area contributed by atoms with Crippen LogP contribution < -0.4 is 0 Å². The van der Waals surface area contributed by atoms with E-state index in [2.05, 4.69) is 9.97 Å². The first-order chi connectivity index (χ1) is 46.2. The first kappa shape index (κ1) is 58.8. The molecular weight excluding hydrogens is 1290 g/mol. The molecule has 2 aliphatic heterocycles. The normalized spacial score (nSPS) is 13.0. The van der Waals surface area contributed by atoms with Gasteiger partial charge in [-0.05, 0) is 91.7 Å². The number of nitrogens with one attached hydrogen (secondary N) is 2. The second kappa shape index (κ2) is 21.2. The molecule has 20 heteroatoms. The van der Waals surface area contributed by atoms with Gasteiger partial charge in [-0.25, -0.2) is 9.97 Å². The number of benzene rings is 12. The molecule has 15 aromatic rings. The van der Waals surface area contributed by atoms with Gasteiger partial charge in [0.1, 0.15) is 19.6 Å². The van der Waals surface area contributed by atoms with Gasteiger partial charge in [-0.3, -0.25) is 18.2 Å². The molecule has 5 heterocycles. The van der Waals surface area contributed by atoms with Crippen molar-refractivity contribution in [1.29, 1.82) is 0 Å². The van der Waals surface area contributed by atoms with Crippen LogP contribution in [0, 0.1) is 0 Å². The minimum Gasteiger partial charge on any atom is -0.354 e. The van der Waals surface area contributed by atoms with Crippen LogP contribution >= 0.6 is 0 Å². The van der Waals surface area contributed by atoms with Crippen LogP contribution in [0.5, 0.6) is 0 Å². The molecule has 0 unspecified atom stereocenters. The number of nitrogens with zero attached hydrogens (tertiary/aromatic N) is 2. The predicted octanol–water partition coefficient (Wildman–Crippen LogP) is 17.5. The quantitative estimate of drug-likeness (QED) is 0.0610. The zero-order chi connectivity index (χ0) is 65.9. The van der Waals surface area contributed by atoms with Crippen molar-refractivity contribution in [3.63, 3.8) is 0 Å². The van der Waals surface area contributed by atoms with E-state index < -0.39 is 40.5 Å². The second-order valence-corrected chi connectivity index (χ2v) is 29.0. The maximum absolute atomic E-state index is 13.7. The third kappa shape index (κ3) is 8.99. The fraction of sp³-hybridized carbons (Fsp3) is 0. The number of aromatic amines is 2.